The molecule has 0 saturated carbocycles. The number of nitrogens with zero attached hydrogens (tertiary/aromatic N) is 4. The molecule has 32 heavy (non-hydrogen) atoms. The van der Waals surface area contributed by atoms with Crippen molar-refractivity contribution in [3.05, 3.63) is 85.2 Å². The van der Waals surface area contributed by atoms with Crippen LogP contribution in [0.15, 0.2) is 79.6 Å². The fourth-order valence-electron chi connectivity index (χ4n) is 2.89. The lowest BCUT2D eigenvalue weighted by atomic mass is 10.2. The van der Waals surface area contributed by atoms with Gasteiger partial charge in [0.1, 0.15) is 30.0 Å². The summed E-state index contributed by atoms with van der Waals surface area (Å²) in [5.41, 5.74) is 1.22. The van der Waals surface area contributed by atoms with Crippen molar-refractivity contribution in [3.8, 4) is 23.2 Å². The van der Waals surface area contributed by atoms with Crippen LogP contribution in [0.1, 0.15) is 30.1 Å². The van der Waals surface area contributed by atoms with Gasteiger partial charge in [-0.1, -0.05) is 13.3 Å². The molecule has 0 radical (unpaired) electrons. The fourth-order valence-corrected chi connectivity index (χ4v) is 2.89. The zero-order valence-corrected chi connectivity index (χ0v) is 17.6. The fraction of sp³-hybridized carbons (Fsp3) is 0.167. The van der Waals surface area contributed by atoms with Gasteiger partial charge in [-0.3, -0.25) is 9.36 Å². The number of imidazole rings is 1. The van der Waals surface area contributed by atoms with E-state index in [1.807, 2.05) is 0 Å². The largest absolute Gasteiger partial charge is 0.494 e. The molecule has 0 aliphatic carbocycles. The molecule has 2 aromatic carbocycles. The number of benzene rings is 2. The molecule has 0 unspecified atom stereocenters. The summed E-state index contributed by atoms with van der Waals surface area (Å²) >= 11 is 0. The van der Waals surface area contributed by atoms with Crippen molar-refractivity contribution in [1.82, 2.24) is 19.5 Å². The first kappa shape index (κ1) is 21.0. The van der Waals surface area contributed by atoms with Gasteiger partial charge in [0.15, 0.2) is 0 Å². The highest BCUT2D eigenvalue weighted by atomic mass is 16.5. The van der Waals surface area contributed by atoms with Gasteiger partial charge in [-0.15, -0.1) is 0 Å². The van der Waals surface area contributed by atoms with Crippen molar-refractivity contribution in [2.75, 3.05) is 11.9 Å². The first-order chi connectivity index (χ1) is 15.7. The van der Waals surface area contributed by atoms with E-state index in [0.717, 1.165) is 18.6 Å². The molecule has 4 aromatic rings. The van der Waals surface area contributed by atoms with Gasteiger partial charge in [0.2, 0.25) is 5.88 Å². The number of amides is 1. The Morgan fingerprint density at radius 2 is 1.81 bits per heavy atom. The van der Waals surface area contributed by atoms with Gasteiger partial charge in [0, 0.05) is 29.7 Å². The van der Waals surface area contributed by atoms with Crippen LogP contribution in [0.5, 0.6) is 17.4 Å². The number of hydrogen-bond donors (Lipinski definition) is 1. The van der Waals surface area contributed by atoms with Gasteiger partial charge in [-0.2, -0.15) is 0 Å². The van der Waals surface area contributed by atoms with E-state index in [1.165, 1.54) is 6.33 Å². The molecular weight excluding hydrogens is 406 g/mol. The third-order valence-electron chi connectivity index (χ3n) is 4.61. The summed E-state index contributed by atoms with van der Waals surface area (Å²) in [5.74, 6) is 2.21. The van der Waals surface area contributed by atoms with Gasteiger partial charge in [-0.05, 0) is 55.0 Å². The molecule has 4 rings (SSSR count). The van der Waals surface area contributed by atoms with Gasteiger partial charge in [0.25, 0.3) is 5.91 Å². The maximum absolute atomic E-state index is 12.5. The number of anilines is 1. The highest BCUT2D eigenvalue weighted by Crippen LogP contribution is 2.23. The summed E-state index contributed by atoms with van der Waals surface area (Å²) in [6.07, 6.45) is 8.62. The van der Waals surface area contributed by atoms with Gasteiger partial charge < -0.3 is 14.8 Å². The zero-order chi connectivity index (χ0) is 22.2. The number of ether oxygens (including phenoxy) is 2. The Morgan fingerprint density at radius 1 is 1.03 bits per heavy atom. The van der Waals surface area contributed by atoms with Crippen molar-refractivity contribution in [2.24, 2.45) is 0 Å². The Kier molecular flexibility index (Phi) is 6.72. The van der Waals surface area contributed by atoms with E-state index in [-0.39, 0.29) is 5.91 Å². The van der Waals surface area contributed by atoms with E-state index >= 15 is 0 Å². The molecule has 0 saturated heterocycles. The Balaban J connectivity index is 1.35. The number of carbonyl (C=O) groups excluding carboxylic acids is 1. The van der Waals surface area contributed by atoms with Gasteiger partial charge >= 0.3 is 0 Å². The van der Waals surface area contributed by atoms with Crippen LogP contribution in [0.2, 0.25) is 0 Å². The quantitative estimate of drug-likeness (QED) is 0.381. The smallest absolute Gasteiger partial charge is 0.255 e. The van der Waals surface area contributed by atoms with Crippen molar-refractivity contribution < 1.29 is 14.3 Å². The lowest BCUT2D eigenvalue weighted by molar-refractivity contribution is 0.102. The molecule has 0 fully saturated rings. The summed E-state index contributed by atoms with van der Waals surface area (Å²) in [5, 5.41) is 2.88. The second-order valence-electron chi connectivity index (χ2n) is 6.99. The van der Waals surface area contributed by atoms with E-state index < -0.39 is 0 Å². The van der Waals surface area contributed by atoms with E-state index in [2.05, 4.69) is 27.2 Å². The molecule has 2 heterocycles. The Labute approximate surface area is 185 Å². The van der Waals surface area contributed by atoms with Crippen LogP contribution < -0.4 is 14.8 Å². The number of nitrogens with one attached hydrogen (secondary N) is 1. The van der Waals surface area contributed by atoms with Gasteiger partial charge in [-0.25, -0.2) is 15.0 Å². The van der Waals surface area contributed by atoms with E-state index in [1.54, 1.807) is 77.9 Å². The lowest BCUT2D eigenvalue weighted by Gasteiger charge is -2.09. The van der Waals surface area contributed by atoms with E-state index in [9.17, 15) is 4.79 Å². The van der Waals surface area contributed by atoms with Gasteiger partial charge in [0.05, 0.1) is 6.61 Å². The van der Waals surface area contributed by atoms with Crippen LogP contribution >= 0.6 is 0 Å². The number of unbranched alkanes of at least 4 members (excludes halogenated alkanes) is 1. The normalized spacial score (nSPS) is 10.5. The van der Waals surface area contributed by atoms with Crippen LogP contribution in [-0.2, 0) is 0 Å². The molecule has 0 bridgehead atoms. The lowest BCUT2D eigenvalue weighted by Crippen LogP contribution is -2.11. The first-order valence-corrected chi connectivity index (χ1v) is 10.3. The van der Waals surface area contributed by atoms with E-state index in [4.69, 9.17) is 9.47 Å². The predicted octanol–water partition coefficient (Wildman–Crippen LogP) is 4.89. The zero-order valence-electron chi connectivity index (χ0n) is 17.6. The summed E-state index contributed by atoms with van der Waals surface area (Å²) in [4.78, 5) is 24.8. The van der Waals surface area contributed by atoms with Crippen molar-refractivity contribution in [2.45, 2.75) is 19.8 Å². The number of aromatic nitrogens is 4. The van der Waals surface area contributed by atoms with Crippen molar-refractivity contribution >= 4 is 11.6 Å². The maximum Gasteiger partial charge on any atom is 0.255 e. The summed E-state index contributed by atoms with van der Waals surface area (Å²) in [7, 11) is 0. The molecule has 0 aliphatic rings. The molecule has 2 aromatic heterocycles. The van der Waals surface area contributed by atoms with Crippen LogP contribution in [-0.4, -0.2) is 32.0 Å². The topological polar surface area (TPSA) is 91.2 Å². The van der Waals surface area contributed by atoms with Crippen molar-refractivity contribution in [3.63, 3.8) is 0 Å². The minimum Gasteiger partial charge on any atom is -0.494 e. The number of hydrogen-bond acceptors (Lipinski definition) is 6. The molecule has 1 amide bonds. The highest BCUT2D eigenvalue weighted by molar-refractivity contribution is 6.04. The van der Waals surface area contributed by atoms with Crippen LogP contribution in [0.4, 0.5) is 5.69 Å². The van der Waals surface area contributed by atoms with Crippen molar-refractivity contribution in [1.29, 1.82) is 0 Å². The second-order valence-corrected chi connectivity index (χ2v) is 6.99. The molecule has 8 nitrogen and oxygen atoms in total. The molecular formula is C24H23N5O3. The molecule has 8 heteroatoms. The average Bonchev–Trinajstić information content (AvgIpc) is 3.36. The van der Waals surface area contributed by atoms with Crippen LogP contribution in [0.25, 0.3) is 5.82 Å². The van der Waals surface area contributed by atoms with E-state index in [0.29, 0.717) is 35.3 Å². The SMILES string of the molecule is CCCCOc1ccc(C(=O)Nc2ccc(Oc3cc(-n4ccnc4)ncn3)cc2)cc1. The Bertz CT molecular complexity index is 1140. The average molecular weight is 429 g/mol. The minimum atomic E-state index is -0.195. The predicted molar refractivity (Wildman–Crippen MR) is 120 cm³/mol. The van der Waals surface area contributed by atoms with Crippen LogP contribution in [0.3, 0.4) is 0 Å². The summed E-state index contributed by atoms with van der Waals surface area (Å²) < 4.78 is 13.2. The Morgan fingerprint density at radius 3 is 2.53 bits per heavy atom. The number of carbonyl (C=O) groups is 1. The third kappa shape index (κ3) is 5.48. The maximum atomic E-state index is 12.5. The van der Waals surface area contributed by atoms with Crippen LogP contribution in [0, 0.1) is 0 Å². The molecule has 0 spiro atoms. The highest BCUT2D eigenvalue weighted by Gasteiger charge is 2.08. The molecule has 1 N–H and O–H groups in total. The third-order valence-corrected chi connectivity index (χ3v) is 4.61. The molecule has 0 aliphatic heterocycles. The standard InChI is InChI=1S/C24H23N5O3/c1-2-3-14-31-20-8-4-18(5-9-20)24(30)28-19-6-10-21(11-7-19)32-23-15-22(26-16-27-23)29-13-12-25-17-29/h4-13,15-17H,2-3,14H2,1H3,(H,28,30). The monoisotopic (exact) mass is 429 g/mol. The number of rotatable bonds is 9. The molecule has 162 valence electrons. The summed E-state index contributed by atoms with van der Waals surface area (Å²) in [6.45, 7) is 2.79. The second kappa shape index (κ2) is 10.2. The Hall–Kier alpha value is -4.20. The molecule has 0 atom stereocenters. The summed E-state index contributed by atoms with van der Waals surface area (Å²) in [6, 6.07) is 15.9. The first-order valence-electron chi connectivity index (χ1n) is 10.3. The minimum absolute atomic E-state index is 0.195.